The van der Waals surface area contributed by atoms with Gasteiger partial charge < -0.3 is 20.2 Å². The molecule has 25 heavy (non-hydrogen) atoms. The molecule has 1 atom stereocenters. The smallest absolute Gasteiger partial charge is 0.275 e. The zero-order valence-corrected chi connectivity index (χ0v) is 14.6. The number of nitrogens with zero attached hydrogens (tertiary/aromatic N) is 1. The van der Waals surface area contributed by atoms with Gasteiger partial charge >= 0.3 is 0 Å². The predicted octanol–water partition coefficient (Wildman–Crippen LogP) is 0.975. The minimum atomic E-state index is 0.0337. The number of phenols is 1. The third-order valence-corrected chi connectivity index (χ3v) is 4.77. The number of piperazine rings is 1. The molecule has 1 fully saturated rings. The number of benzene rings is 2. The average Bonchev–Trinajstić information content (AvgIpc) is 2.64. The summed E-state index contributed by atoms with van der Waals surface area (Å²) in [5.41, 5.74) is 2.25. The van der Waals surface area contributed by atoms with Crippen LogP contribution in [0.2, 0.25) is 0 Å². The lowest BCUT2D eigenvalue weighted by Gasteiger charge is -2.33. The summed E-state index contributed by atoms with van der Waals surface area (Å²) in [6.45, 7) is 6.25. The van der Waals surface area contributed by atoms with Crippen LogP contribution in [0.4, 0.5) is 5.69 Å². The van der Waals surface area contributed by atoms with Gasteiger partial charge in [-0.1, -0.05) is 30.3 Å². The molecule has 3 rings (SSSR count). The number of anilines is 1. The van der Waals surface area contributed by atoms with Crippen molar-refractivity contribution in [3.63, 3.8) is 0 Å². The number of hydrogen-bond acceptors (Lipinski definition) is 3. The second-order valence-electron chi connectivity index (χ2n) is 6.63. The topological polar surface area (TPSA) is 57.0 Å². The van der Waals surface area contributed by atoms with Crippen molar-refractivity contribution in [2.24, 2.45) is 0 Å². The van der Waals surface area contributed by atoms with Crippen LogP contribution in [0.15, 0.2) is 54.6 Å². The molecule has 0 saturated carbocycles. The summed E-state index contributed by atoms with van der Waals surface area (Å²) in [7, 11) is 0. The molecule has 1 heterocycles. The van der Waals surface area contributed by atoms with Crippen LogP contribution in [-0.4, -0.2) is 43.7 Å². The lowest BCUT2D eigenvalue weighted by Crippen LogP contribution is -3.15. The SMILES string of the molecule is C[C@H](NC(=O)C[NH+]1CCN(c2ccc(O)cc2)CC1)c1ccccc1. The fourth-order valence-electron chi connectivity index (χ4n) is 3.27. The Bertz CT molecular complexity index is 680. The van der Waals surface area contributed by atoms with Crippen LogP contribution in [0.3, 0.4) is 0 Å². The van der Waals surface area contributed by atoms with E-state index in [0.717, 1.165) is 37.4 Å². The minimum absolute atomic E-state index is 0.0337. The van der Waals surface area contributed by atoms with Crippen molar-refractivity contribution in [3.8, 4) is 5.75 Å². The summed E-state index contributed by atoms with van der Waals surface area (Å²) in [4.78, 5) is 15.9. The van der Waals surface area contributed by atoms with E-state index in [4.69, 9.17) is 0 Å². The van der Waals surface area contributed by atoms with Crippen molar-refractivity contribution in [2.45, 2.75) is 13.0 Å². The molecule has 132 valence electrons. The summed E-state index contributed by atoms with van der Waals surface area (Å²) < 4.78 is 0. The highest BCUT2D eigenvalue weighted by molar-refractivity contribution is 5.77. The van der Waals surface area contributed by atoms with Crippen LogP contribution in [0.5, 0.6) is 5.75 Å². The normalized spacial score (nSPS) is 16.4. The Labute approximate surface area is 148 Å². The first kappa shape index (κ1) is 17.3. The van der Waals surface area contributed by atoms with E-state index in [1.807, 2.05) is 49.4 Å². The largest absolute Gasteiger partial charge is 0.508 e. The Hall–Kier alpha value is -2.53. The Morgan fingerprint density at radius 3 is 2.40 bits per heavy atom. The van der Waals surface area contributed by atoms with Gasteiger partial charge in [0.15, 0.2) is 6.54 Å². The third kappa shape index (κ3) is 4.73. The lowest BCUT2D eigenvalue weighted by molar-refractivity contribution is -0.892. The van der Waals surface area contributed by atoms with E-state index in [2.05, 4.69) is 10.2 Å². The standard InChI is InChI=1S/C20H25N3O2/c1-16(17-5-3-2-4-6-17)21-20(25)15-22-11-13-23(14-12-22)18-7-9-19(24)10-8-18/h2-10,16,24H,11-15H2,1H3,(H,21,25)/p+1/t16-/m0/s1. The Balaban J connectivity index is 1.45. The Morgan fingerprint density at radius 2 is 1.76 bits per heavy atom. The van der Waals surface area contributed by atoms with E-state index in [1.54, 1.807) is 12.1 Å². The molecule has 2 aromatic rings. The second-order valence-corrected chi connectivity index (χ2v) is 6.63. The molecule has 3 N–H and O–H groups in total. The highest BCUT2D eigenvalue weighted by atomic mass is 16.3. The van der Waals surface area contributed by atoms with Crippen LogP contribution in [0, 0.1) is 0 Å². The Kier molecular flexibility index (Phi) is 5.56. The number of phenolic OH excluding ortho intramolecular Hbond substituents is 1. The highest BCUT2D eigenvalue weighted by Crippen LogP contribution is 2.18. The van der Waals surface area contributed by atoms with E-state index in [9.17, 15) is 9.90 Å². The molecule has 0 radical (unpaired) electrons. The molecule has 5 nitrogen and oxygen atoms in total. The number of quaternary nitrogens is 1. The minimum Gasteiger partial charge on any atom is -0.508 e. The molecule has 2 aromatic carbocycles. The quantitative estimate of drug-likeness (QED) is 0.760. The Morgan fingerprint density at radius 1 is 1.12 bits per heavy atom. The molecule has 1 aliphatic rings. The summed E-state index contributed by atoms with van der Waals surface area (Å²) >= 11 is 0. The van der Waals surface area contributed by atoms with Gasteiger partial charge in [-0.3, -0.25) is 4.79 Å². The van der Waals surface area contributed by atoms with Crippen molar-refractivity contribution < 1.29 is 14.8 Å². The number of rotatable bonds is 5. The number of hydrogen-bond donors (Lipinski definition) is 3. The summed E-state index contributed by atoms with van der Waals surface area (Å²) in [5.74, 6) is 0.390. The summed E-state index contributed by atoms with van der Waals surface area (Å²) in [5, 5.41) is 12.5. The fourth-order valence-corrected chi connectivity index (χ4v) is 3.27. The van der Waals surface area contributed by atoms with Crippen molar-refractivity contribution >= 4 is 11.6 Å². The molecular formula is C20H26N3O2+. The molecular weight excluding hydrogens is 314 g/mol. The lowest BCUT2D eigenvalue weighted by atomic mass is 10.1. The van der Waals surface area contributed by atoms with Crippen LogP contribution in [-0.2, 0) is 4.79 Å². The number of aromatic hydroxyl groups is 1. The molecule has 5 heteroatoms. The van der Waals surface area contributed by atoms with E-state index >= 15 is 0 Å². The number of carbonyl (C=O) groups excluding carboxylic acids is 1. The van der Waals surface area contributed by atoms with Gasteiger partial charge in [0.05, 0.1) is 32.2 Å². The van der Waals surface area contributed by atoms with E-state index in [-0.39, 0.29) is 17.7 Å². The number of nitrogens with one attached hydrogen (secondary N) is 2. The van der Waals surface area contributed by atoms with Gasteiger partial charge in [-0.15, -0.1) is 0 Å². The molecule has 0 unspecified atom stereocenters. The zero-order valence-electron chi connectivity index (χ0n) is 14.6. The number of amides is 1. The van der Waals surface area contributed by atoms with Gasteiger partial charge in [0.2, 0.25) is 0 Å². The maximum Gasteiger partial charge on any atom is 0.275 e. The first-order valence-electron chi connectivity index (χ1n) is 8.83. The van der Waals surface area contributed by atoms with Gasteiger partial charge in [-0.05, 0) is 36.8 Å². The van der Waals surface area contributed by atoms with Gasteiger partial charge in [0, 0.05) is 5.69 Å². The second kappa shape index (κ2) is 8.03. The molecule has 0 bridgehead atoms. The molecule has 1 aliphatic heterocycles. The molecule has 0 spiro atoms. The highest BCUT2D eigenvalue weighted by Gasteiger charge is 2.23. The van der Waals surface area contributed by atoms with Crippen molar-refractivity contribution in [2.75, 3.05) is 37.6 Å². The number of carbonyl (C=O) groups is 1. The van der Waals surface area contributed by atoms with Crippen LogP contribution >= 0.6 is 0 Å². The molecule has 0 aliphatic carbocycles. The predicted molar refractivity (Wildman–Crippen MR) is 98.9 cm³/mol. The van der Waals surface area contributed by atoms with Crippen molar-refractivity contribution in [1.82, 2.24) is 5.32 Å². The van der Waals surface area contributed by atoms with Crippen LogP contribution in [0.1, 0.15) is 18.5 Å². The average molecular weight is 340 g/mol. The zero-order chi connectivity index (χ0) is 17.6. The van der Waals surface area contributed by atoms with Crippen LogP contribution < -0.4 is 15.1 Å². The molecule has 1 saturated heterocycles. The van der Waals surface area contributed by atoms with E-state index < -0.39 is 0 Å². The molecule has 1 amide bonds. The van der Waals surface area contributed by atoms with Gasteiger partial charge in [-0.2, -0.15) is 0 Å². The monoisotopic (exact) mass is 340 g/mol. The maximum atomic E-state index is 12.3. The first-order valence-corrected chi connectivity index (χ1v) is 8.83. The maximum absolute atomic E-state index is 12.3. The van der Waals surface area contributed by atoms with Crippen molar-refractivity contribution in [3.05, 3.63) is 60.2 Å². The van der Waals surface area contributed by atoms with E-state index in [1.165, 1.54) is 4.90 Å². The summed E-state index contributed by atoms with van der Waals surface area (Å²) in [6, 6.07) is 17.4. The first-order chi connectivity index (χ1) is 12.1. The van der Waals surface area contributed by atoms with Gasteiger partial charge in [-0.25, -0.2) is 0 Å². The fraction of sp³-hybridized carbons (Fsp3) is 0.350. The van der Waals surface area contributed by atoms with Crippen molar-refractivity contribution in [1.29, 1.82) is 0 Å². The van der Waals surface area contributed by atoms with Crippen LogP contribution in [0.25, 0.3) is 0 Å². The molecule has 0 aromatic heterocycles. The van der Waals surface area contributed by atoms with Gasteiger partial charge in [0.1, 0.15) is 5.75 Å². The van der Waals surface area contributed by atoms with E-state index in [0.29, 0.717) is 6.54 Å². The summed E-state index contributed by atoms with van der Waals surface area (Å²) in [6.07, 6.45) is 0. The third-order valence-electron chi connectivity index (χ3n) is 4.77. The van der Waals surface area contributed by atoms with Gasteiger partial charge in [0.25, 0.3) is 5.91 Å².